The quantitative estimate of drug-likeness (QED) is 0.438. The Morgan fingerprint density at radius 3 is 1.97 bits per heavy atom. The van der Waals surface area contributed by atoms with Crippen molar-refractivity contribution in [3.05, 3.63) is 35.7 Å². The fraction of sp³-hybridized carbons (Fsp3) is 0.238. The first-order chi connectivity index (χ1) is 14.6. The monoisotopic (exact) mass is 427 g/mol. The molecule has 0 fully saturated rings. The molecule has 9 heteroatoms. The second kappa shape index (κ2) is 8.11. The lowest BCUT2D eigenvalue weighted by molar-refractivity contribution is 0.324. The lowest BCUT2D eigenvalue weighted by atomic mass is 10.1. The Hall–Kier alpha value is -3.46. The number of nitrogens with zero attached hydrogens (tertiary/aromatic N) is 3. The van der Waals surface area contributed by atoms with Crippen LogP contribution in [0.5, 0.6) is 28.7 Å². The Kier molecular flexibility index (Phi) is 5.37. The number of hydrogen-bond donors (Lipinski definition) is 0. The molecule has 8 nitrogen and oxygen atoms in total. The normalized spacial score (nSPS) is 10.8. The maximum Gasteiger partial charge on any atom is 0.213 e. The Morgan fingerprint density at radius 2 is 1.37 bits per heavy atom. The predicted octanol–water partition coefficient (Wildman–Crippen LogP) is 4.17. The third-order valence-electron chi connectivity index (χ3n) is 4.68. The van der Waals surface area contributed by atoms with Gasteiger partial charge >= 0.3 is 0 Å². The highest BCUT2D eigenvalue weighted by molar-refractivity contribution is 7.15. The van der Waals surface area contributed by atoms with Crippen molar-refractivity contribution in [2.45, 2.75) is 0 Å². The van der Waals surface area contributed by atoms with Crippen molar-refractivity contribution in [1.82, 2.24) is 14.6 Å². The zero-order valence-corrected chi connectivity index (χ0v) is 18.1. The van der Waals surface area contributed by atoms with Crippen molar-refractivity contribution in [2.24, 2.45) is 0 Å². The van der Waals surface area contributed by atoms with E-state index >= 15 is 0 Å². The van der Waals surface area contributed by atoms with Crippen molar-refractivity contribution in [3.63, 3.8) is 0 Å². The Bertz CT molecular complexity index is 1180. The van der Waals surface area contributed by atoms with Gasteiger partial charge in [0.15, 0.2) is 28.8 Å². The van der Waals surface area contributed by atoms with Crippen LogP contribution in [0.25, 0.3) is 27.6 Å². The highest BCUT2D eigenvalue weighted by Crippen LogP contribution is 2.41. The molecule has 2 heterocycles. The molecular formula is C21H21N3O5S. The molecule has 4 aromatic rings. The van der Waals surface area contributed by atoms with Crippen LogP contribution in [0, 0.1) is 0 Å². The molecule has 2 aromatic carbocycles. The summed E-state index contributed by atoms with van der Waals surface area (Å²) in [6.07, 6.45) is 0. The van der Waals surface area contributed by atoms with Crippen molar-refractivity contribution in [3.8, 4) is 51.4 Å². The summed E-state index contributed by atoms with van der Waals surface area (Å²) in [5.41, 5.74) is 2.61. The number of thiazole rings is 1. The molecule has 0 spiro atoms. The SMILES string of the molecule is COc1ccc(-c2csc3nc(-c4cc(OC)c(OC)c(OC)c4)nn23)cc1OC. The van der Waals surface area contributed by atoms with E-state index in [1.165, 1.54) is 11.3 Å². The molecule has 0 aliphatic rings. The lowest BCUT2D eigenvalue weighted by Crippen LogP contribution is -1.96. The van der Waals surface area contributed by atoms with E-state index in [1.54, 1.807) is 35.5 Å². The molecule has 0 bridgehead atoms. The molecule has 0 N–H and O–H groups in total. The fourth-order valence-corrected chi connectivity index (χ4v) is 4.04. The van der Waals surface area contributed by atoms with Crippen LogP contribution in [0.4, 0.5) is 0 Å². The minimum atomic E-state index is 0.524. The summed E-state index contributed by atoms with van der Waals surface area (Å²) < 4.78 is 28.9. The third kappa shape index (κ3) is 3.26. The van der Waals surface area contributed by atoms with E-state index in [0.29, 0.717) is 34.6 Å². The molecular weight excluding hydrogens is 406 g/mol. The Labute approximate surface area is 177 Å². The maximum absolute atomic E-state index is 5.45. The third-order valence-corrected chi connectivity index (χ3v) is 5.50. The molecule has 0 unspecified atom stereocenters. The number of methoxy groups -OCH3 is 5. The number of benzene rings is 2. The van der Waals surface area contributed by atoms with Crippen molar-refractivity contribution in [1.29, 1.82) is 0 Å². The summed E-state index contributed by atoms with van der Waals surface area (Å²) in [4.78, 5) is 5.44. The molecule has 0 amide bonds. The van der Waals surface area contributed by atoms with E-state index in [-0.39, 0.29) is 0 Å². The number of aromatic nitrogens is 3. The van der Waals surface area contributed by atoms with E-state index in [4.69, 9.17) is 28.8 Å². The minimum Gasteiger partial charge on any atom is -0.493 e. The van der Waals surface area contributed by atoms with Gasteiger partial charge in [-0.1, -0.05) is 0 Å². The van der Waals surface area contributed by atoms with Gasteiger partial charge in [0.1, 0.15) is 0 Å². The van der Waals surface area contributed by atoms with E-state index < -0.39 is 0 Å². The Morgan fingerprint density at radius 1 is 0.733 bits per heavy atom. The standard InChI is InChI=1S/C21H21N3O5S/c1-25-15-7-6-12(8-16(15)26-2)14-11-30-21-22-20(23-24(14)21)13-9-17(27-3)19(29-5)18(10-13)28-4/h6-11H,1-5H3. The van der Waals surface area contributed by atoms with Gasteiger partial charge in [0.25, 0.3) is 0 Å². The summed E-state index contributed by atoms with van der Waals surface area (Å²) in [5.74, 6) is 3.50. The van der Waals surface area contributed by atoms with Crippen molar-refractivity contribution in [2.75, 3.05) is 35.5 Å². The van der Waals surface area contributed by atoms with Crippen LogP contribution in [-0.2, 0) is 0 Å². The van der Waals surface area contributed by atoms with Crippen molar-refractivity contribution < 1.29 is 23.7 Å². The van der Waals surface area contributed by atoms with Crippen LogP contribution >= 0.6 is 11.3 Å². The molecule has 0 saturated heterocycles. The fourth-order valence-electron chi connectivity index (χ4n) is 3.21. The predicted molar refractivity (Wildman–Crippen MR) is 114 cm³/mol. The van der Waals surface area contributed by atoms with Gasteiger partial charge in [-0.05, 0) is 30.3 Å². The van der Waals surface area contributed by atoms with E-state index in [9.17, 15) is 0 Å². The van der Waals surface area contributed by atoms with Gasteiger partial charge in [0.05, 0.1) is 41.2 Å². The van der Waals surface area contributed by atoms with Gasteiger partial charge in [-0.15, -0.1) is 16.4 Å². The van der Waals surface area contributed by atoms with Gasteiger partial charge in [-0.2, -0.15) is 4.98 Å². The molecule has 0 saturated carbocycles. The van der Waals surface area contributed by atoms with Crippen LogP contribution in [0.15, 0.2) is 35.7 Å². The number of ether oxygens (including phenoxy) is 5. The van der Waals surface area contributed by atoms with Gasteiger partial charge < -0.3 is 23.7 Å². The van der Waals surface area contributed by atoms with Crippen LogP contribution in [0.2, 0.25) is 0 Å². The van der Waals surface area contributed by atoms with Crippen molar-refractivity contribution >= 4 is 16.3 Å². The van der Waals surface area contributed by atoms with E-state index in [1.807, 2.05) is 40.2 Å². The van der Waals surface area contributed by atoms with Gasteiger partial charge in [0.2, 0.25) is 10.7 Å². The van der Waals surface area contributed by atoms with E-state index in [2.05, 4.69) is 4.98 Å². The Balaban J connectivity index is 1.81. The maximum atomic E-state index is 5.45. The zero-order chi connectivity index (χ0) is 21.3. The molecule has 156 valence electrons. The topological polar surface area (TPSA) is 76.3 Å². The molecule has 0 aliphatic carbocycles. The molecule has 30 heavy (non-hydrogen) atoms. The average molecular weight is 427 g/mol. The second-order valence-corrected chi connectivity index (χ2v) is 7.07. The van der Waals surface area contributed by atoms with Gasteiger partial charge in [-0.3, -0.25) is 0 Å². The highest BCUT2D eigenvalue weighted by Gasteiger charge is 2.19. The first-order valence-corrected chi connectivity index (χ1v) is 9.88. The molecule has 0 radical (unpaired) electrons. The summed E-state index contributed by atoms with van der Waals surface area (Å²) in [7, 11) is 7.95. The summed E-state index contributed by atoms with van der Waals surface area (Å²) >= 11 is 1.51. The zero-order valence-electron chi connectivity index (χ0n) is 17.3. The van der Waals surface area contributed by atoms with E-state index in [0.717, 1.165) is 21.8 Å². The first-order valence-electron chi connectivity index (χ1n) is 9.00. The highest BCUT2D eigenvalue weighted by atomic mass is 32.1. The number of hydrogen-bond acceptors (Lipinski definition) is 8. The summed E-state index contributed by atoms with van der Waals surface area (Å²) in [5, 5.41) is 6.73. The lowest BCUT2D eigenvalue weighted by Gasteiger charge is -2.13. The first kappa shape index (κ1) is 19.8. The number of rotatable bonds is 7. The summed E-state index contributed by atoms with van der Waals surface area (Å²) in [6, 6.07) is 9.41. The minimum absolute atomic E-state index is 0.524. The molecule has 0 atom stereocenters. The van der Waals surface area contributed by atoms with Crippen LogP contribution in [-0.4, -0.2) is 50.1 Å². The van der Waals surface area contributed by atoms with Crippen LogP contribution in [0.1, 0.15) is 0 Å². The average Bonchev–Trinajstić information content (AvgIpc) is 3.38. The smallest absolute Gasteiger partial charge is 0.213 e. The van der Waals surface area contributed by atoms with Gasteiger partial charge in [0, 0.05) is 16.5 Å². The van der Waals surface area contributed by atoms with Crippen LogP contribution < -0.4 is 23.7 Å². The molecule has 4 rings (SSSR count). The largest absolute Gasteiger partial charge is 0.493 e. The van der Waals surface area contributed by atoms with Gasteiger partial charge in [-0.25, -0.2) is 4.52 Å². The second-order valence-electron chi connectivity index (χ2n) is 6.23. The van der Waals surface area contributed by atoms with Crippen LogP contribution in [0.3, 0.4) is 0 Å². The number of fused-ring (bicyclic) bond motifs is 1. The molecule has 2 aromatic heterocycles. The summed E-state index contributed by atoms with van der Waals surface area (Å²) in [6.45, 7) is 0. The molecule has 0 aliphatic heterocycles.